The maximum Gasteiger partial charge on any atom is 0.173 e. The molecule has 6 heteroatoms. The first kappa shape index (κ1) is 18.3. The molecule has 5 rings (SSSR count). The van der Waals surface area contributed by atoms with Crippen molar-refractivity contribution in [1.29, 1.82) is 0 Å². The summed E-state index contributed by atoms with van der Waals surface area (Å²) in [7, 11) is 1.70. The highest BCUT2D eigenvalue weighted by molar-refractivity contribution is 5.34. The van der Waals surface area contributed by atoms with E-state index in [1.807, 2.05) is 12.1 Å². The van der Waals surface area contributed by atoms with E-state index in [-0.39, 0.29) is 6.04 Å². The molecule has 0 unspecified atom stereocenters. The molecular weight excluding hydrogens is 362 g/mol. The number of hydrogen-bond donors (Lipinski definition) is 0. The van der Waals surface area contributed by atoms with Gasteiger partial charge >= 0.3 is 0 Å². The van der Waals surface area contributed by atoms with Crippen LogP contribution in [0.25, 0.3) is 0 Å². The number of benzene rings is 2. The van der Waals surface area contributed by atoms with Crippen molar-refractivity contribution in [3.05, 3.63) is 71.0 Å². The summed E-state index contributed by atoms with van der Waals surface area (Å²) in [5, 5.41) is 13.1. The number of methoxy groups -OCH3 is 1. The molecule has 1 aliphatic carbocycles. The molecule has 0 amide bonds. The fourth-order valence-corrected chi connectivity index (χ4v) is 4.84. The van der Waals surface area contributed by atoms with Crippen LogP contribution in [0.15, 0.2) is 48.5 Å². The number of tetrazole rings is 1. The van der Waals surface area contributed by atoms with Gasteiger partial charge in [-0.25, -0.2) is 4.68 Å². The van der Waals surface area contributed by atoms with Crippen molar-refractivity contribution < 1.29 is 4.74 Å². The minimum Gasteiger partial charge on any atom is -0.497 e. The maximum absolute atomic E-state index is 5.38. The molecule has 1 fully saturated rings. The standard InChI is InChI=1S/C23H27N5O/c1-29-21-12-10-18(11-13-21)22(23-24-25-26-28(23)20-8-4-5-9-20)27-15-14-17-6-2-3-7-19(17)16-27/h2-3,6-7,10-13,20,22H,4-5,8-9,14-16H2,1H3/t22-/m0/s1. The van der Waals surface area contributed by atoms with Crippen molar-refractivity contribution in [3.8, 4) is 5.75 Å². The smallest absolute Gasteiger partial charge is 0.173 e. The molecular formula is C23H27N5O. The predicted octanol–water partition coefficient (Wildman–Crippen LogP) is 3.94. The normalized spacial score (nSPS) is 18.5. The lowest BCUT2D eigenvalue weighted by atomic mass is 9.96. The highest BCUT2D eigenvalue weighted by Gasteiger charge is 2.32. The van der Waals surface area contributed by atoms with E-state index in [0.29, 0.717) is 6.04 Å². The summed E-state index contributed by atoms with van der Waals surface area (Å²) in [4.78, 5) is 2.52. The van der Waals surface area contributed by atoms with Gasteiger partial charge in [-0.1, -0.05) is 49.2 Å². The van der Waals surface area contributed by atoms with Gasteiger partial charge in [-0.3, -0.25) is 4.90 Å². The van der Waals surface area contributed by atoms with Gasteiger partial charge in [0.15, 0.2) is 5.82 Å². The third kappa shape index (κ3) is 3.53. The largest absolute Gasteiger partial charge is 0.497 e. The molecule has 1 aliphatic heterocycles. The quantitative estimate of drug-likeness (QED) is 0.661. The SMILES string of the molecule is COc1ccc([C@@H](c2nnnn2C2CCCC2)N2CCc3ccccc3C2)cc1. The lowest BCUT2D eigenvalue weighted by Crippen LogP contribution is -2.36. The average Bonchev–Trinajstić information content (AvgIpc) is 3.46. The molecule has 0 bridgehead atoms. The molecule has 2 aromatic carbocycles. The minimum absolute atomic E-state index is 0.0323. The van der Waals surface area contributed by atoms with Crippen LogP contribution in [0.1, 0.15) is 60.3 Å². The second-order valence-corrected chi connectivity index (χ2v) is 8.08. The van der Waals surface area contributed by atoms with E-state index >= 15 is 0 Å². The Morgan fingerprint density at radius 2 is 1.76 bits per heavy atom. The van der Waals surface area contributed by atoms with E-state index < -0.39 is 0 Å². The fourth-order valence-electron chi connectivity index (χ4n) is 4.84. The van der Waals surface area contributed by atoms with Gasteiger partial charge in [-0.2, -0.15) is 0 Å². The summed E-state index contributed by atoms with van der Waals surface area (Å²) < 4.78 is 7.48. The predicted molar refractivity (Wildman–Crippen MR) is 111 cm³/mol. The third-order valence-electron chi connectivity index (χ3n) is 6.39. The highest BCUT2D eigenvalue weighted by Crippen LogP contribution is 2.36. The Labute approximate surface area is 171 Å². The van der Waals surface area contributed by atoms with Crippen molar-refractivity contribution >= 4 is 0 Å². The number of hydrogen-bond acceptors (Lipinski definition) is 5. The molecule has 1 atom stereocenters. The molecule has 2 heterocycles. The van der Waals surface area contributed by atoms with Gasteiger partial charge < -0.3 is 4.74 Å². The Kier molecular flexibility index (Phi) is 5.02. The van der Waals surface area contributed by atoms with Crippen molar-refractivity contribution in [1.82, 2.24) is 25.1 Å². The van der Waals surface area contributed by atoms with Crippen LogP contribution >= 0.6 is 0 Å². The van der Waals surface area contributed by atoms with Crippen LogP contribution < -0.4 is 4.74 Å². The molecule has 0 N–H and O–H groups in total. The summed E-state index contributed by atoms with van der Waals surface area (Å²) in [5.41, 5.74) is 4.06. The summed E-state index contributed by atoms with van der Waals surface area (Å²) in [5.74, 6) is 1.83. The summed E-state index contributed by atoms with van der Waals surface area (Å²) in [6, 6.07) is 17.6. The average molecular weight is 390 g/mol. The first-order chi connectivity index (χ1) is 14.3. The second-order valence-electron chi connectivity index (χ2n) is 8.08. The van der Waals surface area contributed by atoms with Crippen LogP contribution in [-0.2, 0) is 13.0 Å². The summed E-state index contributed by atoms with van der Waals surface area (Å²) in [6.07, 6.45) is 5.89. The molecule has 3 aromatic rings. The minimum atomic E-state index is 0.0323. The van der Waals surface area contributed by atoms with Crippen molar-refractivity contribution in [2.24, 2.45) is 0 Å². The van der Waals surface area contributed by atoms with Crippen LogP contribution in [0.5, 0.6) is 5.75 Å². The molecule has 150 valence electrons. The molecule has 0 spiro atoms. The van der Waals surface area contributed by atoms with E-state index in [1.165, 1.54) is 29.5 Å². The number of aromatic nitrogens is 4. The van der Waals surface area contributed by atoms with Crippen LogP contribution in [0, 0.1) is 0 Å². The van der Waals surface area contributed by atoms with Crippen molar-refractivity contribution in [2.75, 3.05) is 13.7 Å². The lowest BCUT2D eigenvalue weighted by molar-refractivity contribution is 0.191. The van der Waals surface area contributed by atoms with Gasteiger partial charge in [-0.15, -0.1) is 5.10 Å². The lowest BCUT2D eigenvalue weighted by Gasteiger charge is -2.35. The molecule has 1 aromatic heterocycles. The molecule has 2 aliphatic rings. The number of rotatable bonds is 5. The second kappa shape index (κ2) is 7.95. The first-order valence-corrected chi connectivity index (χ1v) is 10.6. The molecule has 29 heavy (non-hydrogen) atoms. The Morgan fingerprint density at radius 1 is 1.00 bits per heavy atom. The first-order valence-electron chi connectivity index (χ1n) is 10.6. The summed E-state index contributed by atoms with van der Waals surface area (Å²) in [6.45, 7) is 1.90. The zero-order valence-electron chi connectivity index (χ0n) is 16.9. The van der Waals surface area contributed by atoms with Gasteiger partial charge in [-0.05, 0) is 58.5 Å². The molecule has 6 nitrogen and oxygen atoms in total. The number of fused-ring (bicyclic) bond motifs is 1. The van der Waals surface area contributed by atoms with E-state index in [0.717, 1.165) is 43.9 Å². The van der Waals surface area contributed by atoms with E-state index in [9.17, 15) is 0 Å². The van der Waals surface area contributed by atoms with Gasteiger partial charge in [0.1, 0.15) is 5.75 Å². The fraction of sp³-hybridized carbons (Fsp3) is 0.435. The molecule has 0 radical (unpaired) electrons. The van der Waals surface area contributed by atoms with Crippen LogP contribution in [0.3, 0.4) is 0 Å². The Bertz CT molecular complexity index is 961. The molecule has 0 saturated heterocycles. The Morgan fingerprint density at radius 3 is 2.52 bits per heavy atom. The van der Waals surface area contributed by atoms with Crippen LogP contribution in [-0.4, -0.2) is 38.8 Å². The topological polar surface area (TPSA) is 56.1 Å². The maximum atomic E-state index is 5.38. The van der Waals surface area contributed by atoms with Gasteiger partial charge in [0.25, 0.3) is 0 Å². The third-order valence-corrected chi connectivity index (χ3v) is 6.39. The van der Waals surface area contributed by atoms with Gasteiger partial charge in [0, 0.05) is 13.1 Å². The van der Waals surface area contributed by atoms with Gasteiger partial charge in [0.2, 0.25) is 0 Å². The zero-order valence-corrected chi connectivity index (χ0v) is 16.9. The van der Waals surface area contributed by atoms with Crippen molar-refractivity contribution in [2.45, 2.75) is 50.7 Å². The molecule has 1 saturated carbocycles. The van der Waals surface area contributed by atoms with Crippen molar-refractivity contribution in [3.63, 3.8) is 0 Å². The van der Waals surface area contributed by atoms with Crippen LogP contribution in [0.4, 0.5) is 0 Å². The summed E-state index contributed by atoms with van der Waals surface area (Å²) >= 11 is 0. The highest BCUT2D eigenvalue weighted by atomic mass is 16.5. The van der Waals surface area contributed by atoms with E-state index in [1.54, 1.807) is 7.11 Å². The Hall–Kier alpha value is -2.73. The van der Waals surface area contributed by atoms with E-state index in [2.05, 4.69) is 61.5 Å². The monoisotopic (exact) mass is 389 g/mol. The Balaban J connectivity index is 1.54. The zero-order chi connectivity index (χ0) is 19.6. The van der Waals surface area contributed by atoms with Gasteiger partial charge in [0.05, 0.1) is 19.2 Å². The number of nitrogens with zero attached hydrogens (tertiary/aromatic N) is 5. The van der Waals surface area contributed by atoms with Crippen LogP contribution in [0.2, 0.25) is 0 Å². The van der Waals surface area contributed by atoms with E-state index in [4.69, 9.17) is 4.74 Å². The number of ether oxygens (including phenoxy) is 1.